The van der Waals surface area contributed by atoms with Crippen molar-refractivity contribution >= 4 is 44.1 Å². The van der Waals surface area contributed by atoms with E-state index in [4.69, 9.17) is 0 Å². The summed E-state index contributed by atoms with van der Waals surface area (Å²) < 4.78 is 41.5. The molecule has 4 heterocycles. The lowest BCUT2D eigenvalue weighted by Crippen LogP contribution is -2.59. The van der Waals surface area contributed by atoms with Crippen LogP contribution in [0.15, 0.2) is 36.7 Å². The number of nitrogens with zero attached hydrogens (tertiary/aromatic N) is 5. The van der Waals surface area contributed by atoms with E-state index in [0.29, 0.717) is 49.6 Å². The third-order valence-corrected chi connectivity index (χ3v) is 9.75. The summed E-state index contributed by atoms with van der Waals surface area (Å²) in [4.78, 5) is 17.4. The van der Waals surface area contributed by atoms with E-state index in [1.807, 2.05) is 12.3 Å². The van der Waals surface area contributed by atoms with Gasteiger partial charge in [0.15, 0.2) is 0 Å². The van der Waals surface area contributed by atoms with E-state index in [9.17, 15) is 17.9 Å². The number of fused-ring (bicyclic) bond motifs is 1. The average Bonchev–Trinajstić information content (AvgIpc) is 3.74. The maximum atomic E-state index is 14.1. The first kappa shape index (κ1) is 26.1. The first-order valence-corrected chi connectivity index (χ1v) is 15.1. The van der Waals surface area contributed by atoms with Gasteiger partial charge in [0.25, 0.3) is 0 Å². The number of halogens is 1. The van der Waals surface area contributed by atoms with Gasteiger partial charge in [0.05, 0.1) is 23.9 Å². The maximum absolute atomic E-state index is 14.1. The molecule has 39 heavy (non-hydrogen) atoms. The second kappa shape index (κ2) is 10.1. The Kier molecular flexibility index (Phi) is 6.80. The summed E-state index contributed by atoms with van der Waals surface area (Å²) in [6, 6.07) is 7.91. The summed E-state index contributed by atoms with van der Waals surface area (Å²) in [6.07, 6.45) is 3.04. The summed E-state index contributed by atoms with van der Waals surface area (Å²) in [6.45, 7) is 6.09. The molecule has 2 aliphatic heterocycles. The third kappa shape index (κ3) is 5.37. The van der Waals surface area contributed by atoms with E-state index in [-0.39, 0.29) is 17.8 Å². The summed E-state index contributed by atoms with van der Waals surface area (Å²) in [5.41, 5.74) is 2.22. The van der Waals surface area contributed by atoms with Crippen molar-refractivity contribution in [2.75, 3.05) is 41.3 Å². The number of aliphatic hydroxyl groups excluding tert-OH is 1. The molecular formula is C27H34FN7O3S. The molecule has 3 N–H and O–H groups in total. The number of alkyl halides is 1. The molecule has 2 unspecified atom stereocenters. The van der Waals surface area contributed by atoms with Crippen LogP contribution in [0.25, 0.3) is 10.8 Å². The van der Waals surface area contributed by atoms with Crippen LogP contribution in [0.2, 0.25) is 0 Å². The van der Waals surface area contributed by atoms with Crippen LogP contribution in [0.5, 0.6) is 0 Å². The molecule has 2 atom stereocenters. The fraction of sp³-hybridized carbons (Fsp3) is 0.519. The molecule has 6 rings (SSSR count). The van der Waals surface area contributed by atoms with Gasteiger partial charge >= 0.3 is 0 Å². The predicted molar refractivity (Wildman–Crippen MR) is 150 cm³/mol. The standard InChI is InChI=1S/C27H34FN7O3S/c1-16(2)19-5-6-23(35-13-17(14-35)33-39(37,38)18-3-4-18)21-12-30-26(11-20(19)21)31-25-7-9-29-27(32-25)34-10-8-24(36)22(28)15-34/h5-7,9,11-12,16-18,22,24,33,36H,3-4,8,10,13-15H2,1-2H3,(H,29,30,31,32). The van der Waals surface area contributed by atoms with Crippen molar-refractivity contribution in [2.24, 2.45) is 0 Å². The number of pyridine rings is 1. The maximum Gasteiger partial charge on any atom is 0.227 e. The van der Waals surface area contributed by atoms with E-state index in [1.165, 1.54) is 5.56 Å². The lowest BCUT2D eigenvalue weighted by atomic mass is 9.94. The first-order chi connectivity index (χ1) is 18.7. The molecule has 2 saturated heterocycles. The normalized spacial score (nSPS) is 22.4. The largest absolute Gasteiger partial charge is 0.390 e. The van der Waals surface area contributed by atoms with Crippen molar-refractivity contribution in [3.05, 3.63) is 42.2 Å². The summed E-state index contributed by atoms with van der Waals surface area (Å²) in [5, 5.41) is 14.8. The number of rotatable bonds is 8. The van der Waals surface area contributed by atoms with Crippen molar-refractivity contribution in [3.63, 3.8) is 0 Å². The van der Waals surface area contributed by atoms with Gasteiger partial charge in [-0.15, -0.1) is 0 Å². The highest BCUT2D eigenvalue weighted by molar-refractivity contribution is 7.90. The Balaban J connectivity index is 1.22. The number of benzene rings is 1. The zero-order chi connectivity index (χ0) is 27.3. The van der Waals surface area contributed by atoms with Gasteiger partial charge < -0.3 is 20.2 Å². The van der Waals surface area contributed by atoms with Crippen LogP contribution in [0.3, 0.4) is 0 Å². The third-order valence-electron chi connectivity index (χ3n) is 7.74. The highest BCUT2D eigenvalue weighted by Gasteiger charge is 2.40. The first-order valence-electron chi connectivity index (χ1n) is 13.5. The average molecular weight is 556 g/mol. The van der Waals surface area contributed by atoms with Gasteiger partial charge in [-0.1, -0.05) is 19.9 Å². The fourth-order valence-electron chi connectivity index (χ4n) is 5.33. The number of nitrogens with one attached hydrogen (secondary N) is 2. The van der Waals surface area contributed by atoms with Gasteiger partial charge in [-0.05, 0) is 54.3 Å². The van der Waals surface area contributed by atoms with Gasteiger partial charge in [0.2, 0.25) is 16.0 Å². The predicted octanol–water partition coefficient (Wildman–Crippen LogP) is 3.07. The summed E-state index contributed by atoms with van der Waals surface area (Å²) >= 11 is 0. The molecule has 208 valence electrons. The second-order valence-corrected chi connectivity index (χ2v) is 13.1. The van der Waals surface area contributed by atoms with E-state index in [0.717, 1.165) is 29.3 Å². The highest BCUT2D eigenvalue weighted by atomic mass is 32.2. The monoisotopic (exact) mass is 555 g/mol. The van der Waals surface area contributed by atoms with Crippen molar-refractivity contribution in [2.45, 2.75) is 62.6 Å². The molecule has 3 fully saturated rings. The zero-order valence-electron chi connectivity index (χ0n) is 22.1. The van der Waals surface area contributed by atoms with Crippen LogP contribution in [0, 0.1) is 0 Å². The van der Waals surface area contributed by atoms with Crippen molar-refractivity contribution in [3.8, 4) is 0 Å². The highest BCUT2D eigenvalue weighted by Crippen LogP contribution is 2.36. The molecule has 3 aromatic rings. The number of aromatic nitrogens is 3. The Morgan fingerprint density at radius 3 is 2.54 bits per heavy atom. The van der Waals surface area contributed by atoms with Gasteiger partial charge in [-0.3, -0.25) is 0 Å². The number of sulfonamides is 1. The number of anilines is 4. The van der Waals surface area contributed by atoms with Gasteiger partial charge in [-0.25, -0.2) is 27.5 Å². The molecule has 10 nitrogen and oxygen atoms in total. The van der Waals surface area contributed by atoms with Gasteiger partial charge in [0, 0.05) is 43.1 Å². The number of aliphatic hydroxyl groups is 1. The van der Waals surface area contributed by atoms with Crippen LogP contribution in [-0.2, 0) is 10.0 Å². The minimum Gasteiger partial charge on any atom is -0.390 e. The lowest BCUT2D eigenvalue weighted by Gasteiger charge is -2.41. The van der Waals surface area contributed by atoms with Crippen LogP contribution in [0.4, 0.5) is 27.7 Å². The molecule has 2 aromatic heterocycles. The molecule has 1 saturated carbocycles. The number of hydrogen-bond acceptors (Lipinski definition) is 9. The Morgan fingerprint density at radius 2 is 1.82 bits per heavy atom. The van der Waals surface area contributed by atoms with Crippen molar-refractivity contribution in [1.29, 1.82) is 0 Å². The van der Waals surface area contributed by atoms with E-state index in [2.05, 4.69) is 55.9 Å². The van der Waals surface area contributed by atoms with E-state index < -0.39 is 22.3 Å². The Morgan fingerprint density at radius 1 is 1.03 bits per heavy atom. The number of piperidine rings is 1. The molecule has 0 amide bonds. The van der Waals surface area contributed by atoms with Gasteiger partial charge in [0.1, 0.15) is 17.8 Å². The molecular weight excluding hydrogens is 521 g/mol. The van der Waals surface area contributed by atoms with E-state index in [1.54, 1.807) is 17.2 Å². The SMILES string of the molecule is CC(C)c1ccc(N2CC(NS(=O)(=O)C3CC3)C2)c2cnc(Nc3ccnc(N4CCC(O)C(F)C4)n3)cc12. The molecule has 0 bridgehead atoms. The molecule has 1 aromatic carbocycles. The molecule has 12 heteroatoms. The Hall–Kier alpha value is -3.09. The quantitative estimate of drug-likeness (QED) is 0.385. The van der Waals surface area contributed by atoms with Crippen LogP contribution < -0.4 is 19.8 Å². The summed E-state index contributed by atoms with van der Waals surface area (Å²) in [5.74, 6) is 1.87. The molecule has 0 spiro atoms. The topological polar surface area (TPSA) is 124 Å². The number of hydrogen-bond donors (Lipinski definition) is 3. The lowest BCUT2D eigenvalue weighted by molar-refractivity contribution is 0.0612. The van der Waals surface area contributed by atoms with Gasteiger partial charge in [-0.2, -0.15) is 4.98 Å². The van der Waals surface area contributed by atoms with Crippen molar-refractivity contribution in [1.82, 2.24) is 19.7 Å². The molecule has 3 aliphatic rings. The Labute approximate surface area is 227 Å². The molecule has 1 aliphatic carbocycles. The Bertz CT molecular complexity index is 1480. The second-order valence-electron chi connectivity index (χ2n) is 11.1. The van der Waals surface area contributed by atoms with E-state index >= 15 is 0 Å². The minimum absolute atomic E-state index is 0.0543. The fourth-order valence-corrected chi connectivity index (χ4v) is 6.89. The smallest absolute Gasteiger partial charge is 0.227 e. The van der Waals surface area contributed by atoms with Crippen LogP contribution in [0.1, 0.15) is 44.6 Å². The van der Waals surface area contributed by atoms with Crippen molar-refractivity contribution < 1.29 is 17.9 Å². The van der Waals surface area contributed by atoms with Crippen LogP contribution in [-0.4, -0.2) is 78.2 Å². The summed E-state index contributed by atoms with van der Waals surface area (Å²) in [7, 11) is -3.20. The molecule has 0 radical (unpaired) electrons. The minimum atomic E-state index is -3.20. The zero-order valence-corrected chi connectivity index (χ0v) is 22.9. The van der Waals surface area contributed by atoms with Crippen LogP contribution >= 0.6 is 0 Å².